The van der Waals surface area contributed by atoms with Gasteiger partial charge < -0.3 is 24.8 Å². The number of aryl methyl sites for hydroxylation is 3. The summed E-state index contributed by atoms with van der Waals surface area (Å²) in [5.74, 6) is 3.04. The highest BCUT2D eigenvalue weighted by Gasteiger charge is 2.13. The zero-order chi connectivity index (χ0) is 19.8. The highest BCUT2D eigenvalue weighted by Crippen LogP contribution is 2.34. The molecule has 0 amide bonds. The normalized spacial score (nSPS) is 12.9. The molecule has 1 aromatic heterocycles. The summed E-state index contributed by atoms with van der Waals surface area (Å²) in [7, 11) is 0. The van der Waals surface area contributed by atoms with E-state index in [1.54, 1.807) is 0 Å². The molecule has 3 rings (SSSR count). The fourth-order valence-corrected chi connectivity index (χ4v) is 2.96. The van der Waals surface area contributed by atoms with Crippen LogP contribution >= 0.6 is 0 Å². The van der Waals surface area contributed by atoms with E-state index in [1.165, 1.54) is 5.69 Å². The number of rotatable bonds is 9. The van der Waals surface area contributed by atoms with Crippen LogP contribution in [-0.4, -0.2) is 48.8 Å². The molecule has 0 saturated heterocycles. The van der Waals surface area contributed by atoms with Crippen LogP contribution in [0.25, 0.3) is 0 Å². The highest BCUT2D eigenvalue weighted by molar-refractivity contribution is 5.79. The number of ether oxygens (including phenoxy) is 3. The Balaban J connectivity index is 1.38. The van der Waals surface area contributed by atoms with Crippen molar-refractivity contribution < 1.29 is 14.2 Å². The maximum Gasteiger partial charge on any atom is 0.231 e. The first-order valence-corrected chi connectivity index (χ1v) is 9.71. The van der Waals surface area contributed by atoms with Crippen LogP contribution in [0.15, 0.2) is 29.3 Å². The van der Waals surface area contributed by atoms with Crippen LogP contribution in [0.4, 0.5) is 0 Å². The maximum absolute atomic E-state index is 5.77. The zero-order valence-corrected chi connectivity index (χ0v) is 16.8. The number of guanidine groups is 1. The predicted molar refractivity (Wildman–Crippen MR) is 108 cm³/mol. The summed E-state index contributed by atoms with van der Waals surface area (Å²) >= 11 is 0. The Morgan fingerprint density at radius 1 is 1.21 bits per heavy atom. The van der Waals surface area contributed by atoms with Gasteiger partial charge in [0, 0.05) is 31.4 Å². The van der Waals surface area contributed by atoms with Crippen LogP contribution in [0, 0.1) is 13.8 Å². The fourth-order valence-electron chi connectivity index (χ4n) is 2.96. The molecule has 1 aliphatic heterocycles. The Kier molecular flexibility index (Phi) is 7.00. The van der Waals surface area contributed by atoms with E-state index in [0.717, 1.165) is 55.0 Å². The lowest BCUT2D eigenvalue weighted by molar-refractivity contribution is 0.173. The Hall–Kier alpha value is -2.90. The first-order valence-electron chi connectivity index (χ1n) is 9.71. The lowest BCUT2D eigenvalue weighted by Crippen LogP contribution is -2.39. The van der Waals surface area contributed by atoms with Gasteiger partial charge in [-0.05, 0) is 45.4 Å². The van der Waals surface area contributed by atoms with Gasteiger partial charge in [0.15, 0.2) is 17.5 Å². The van der Waals surface area contributed by atoms with Gasteiger partial charge in [-0.3, -0.25) is 9.67 Å². The van der Waals surface area contributed by atoms with E-state index in [-0.39, 0.29) is 6.79 Å². The monoisotopic (exact) mass is 387 g/mol. The van der Waals surface area contributed by atoms with E-state index in [9.17, 15) is 0 Å². The molecule has 0 saturated carbocycles. The molecule has 1 aromatic carbocycles. The van der Waals surface area contributed by atoms with Crippen molar-refractivity contribution in [2.24, 2.45) is 4.99 Å². The molecule has 0 spiro atoms. The van der Waals surface area contributed by atoms with E-state index in [0.29, 0.717) is 13.2 Å². The molecule has 2 N–H and O–H groups in total. The van der Waals surface area contributed by atoms with Crippen molar-refractivity contribution in [2.45, 2.75) is 33.7 Å². The second kappa shape index (κ2) is 9.87. The van der Waals surface area contributed by atoms with Gasteiger partial charge in [0.25, 0.3) is 0 Å². The second-order valence-electron chi connectivity index (χ2n) is 6.55. The van der Waals surface area contributed by atoms with Gasteiger partial charge in [-0.25, -0.2) is 0 Å². The molecule has 2 aromatic rings. The fraction of sp³-hybridized carbons (Fsp3) is 0.500. The van der Waals surface area contributed by atoms with Gasteiger partial charge in [0.05, 0.1) is 12.2 Å². The number of nitrogens with zero attached hydrogens (tertiary/aromatic N) is 3. The molecule has 8 heteroatoms. The summed E-state index contributed by atoms with van der Waals surface area (Å²) in [6.45, 7) is 10.0. The topological polar surface area (TPSA) is 81.9 Å². The average Bonchev–Trinajstić information content (AvgIpc) is 3.27. The largest absolute Gasteiger partial charge is 0.492 e. The average molecular weight is 387 g/mol. The molecule has 0 bridgehead atoms. The van der Waals surface area contributed by atoms with Gasteiger partial charge in [-0.1, -0.05) is 0 Å². The van der Waals surface area contributed by atoms with Gasteiger partial charge in [0.2, 0.25) is 6.79 Å². The highest BCUT2D eigenvalue weighted by atomic mass is 16.7. The van der Waals surface area contributed by atoms with E-state index in [4.69, 9.17) is 14.2 Å². The molecule has 0 radical (unpaired) electrons. The van der Waals surface area contributed by atoms with Crippen molar-refractivity contribution in [2.75, 3.05) is 33.0 Å². The lowest BCUT2D eigenvalue weighted by Gasteiger charge is -2.12. The number of hydrogen-bond donors (Lipinski definition) is 2. The summed E-state index contributed by atoms with van der Waals surface area (Å²) in [4.78, 5) is 4.62. The molecule has 152 valence electrons. The van der Waals surface area contributed by atoms with Crippen molar-refractivity contribution >= 4 is 5.96 Å². The number of hydrogen-bond acceptors (Lipinski definition) is 5. The standard InChI is InChI=1S/C20H29N5O3/c1-4-21-20(22-8-5-10-25-16(3)12-15(2)24-25)23-9-11-26-17-6-7-18-19(13-17)28-14-27-18/h6-7,12-13H,4-5,8-11,14H2,1-3H3,(H2,21,22,23). The molecule has 2 heterocycles. The van der Waals surface area contributed by atoms with E-state index in [2.05, 4.69) is 40.6 Å². The van der Waals surface area contributed by atoms with Crippen molar-refractivity contribution in [1.82, 2.24) is 20.4 Å². The number of fused-ring (bicyclic) bond motifs is 1. The van der Waals surface area contributed by atoms with Gasteiger partial charge in [-0.2, -0.15) is 5.10 Å². The van der Waals surface area contributed by atoms with Crippen LogP contribution in [0.1, 0.15) is 24.7 Å². The van der Waals surface area contributed by atoms with Crippen molar-refractivity contribution in [3.05, 3.63) is 35.7 Å². The van der Waals surface area contributed by atoms with E-state index < -0.39 is 0 Å². The third-order valence-corrected chi connectivity index (χ3v) is 4.25. The van der Waals surface area contributed by atoms with E-state index in [1.807, 2.05) is 29.8 Å². The molecule has 0 fully saturated rings. The molecular formula is C20H29N5O3. The third kappa shape index (κ3) is 5.55. The SMILES string of the molecule is CCNC(=NCCCn1nc(C)cc1C)NCCOc1ccc2c(c1)OCO2. The minimum absolute atomic E-state index is 0.266. The summed E-state index contributed by atoms with van der Waals surface area (Å²) in [6, 6.07) is 7.68. The minimum Gasteiger partial charge on any atom is -0.492 e. The first kappa shape index (κ1) is 19.9. The molecule has 0 aliphatic carbocycles. The van der Waals surface area contributed by atoms with Crippen LogP contribution in [0.3, 0.4) is 0 Å². The van der Waals surface area contributed by atoms with E-state index >= 15 is 0 Å². The minimum atomic E-state index is 0.266. The Morgan fingerprint density at radius 3 is 2.86 bits per heavy atom. The summed E-state index contributed by atoms with van der Waals surface area (Å²) in [6.07, 6.45) is 0.937. The molecule has 1 aliphatic rings. The Bertz CT molecular complexity index is 803. The summed E-state index contributed by atoms with van der Waals surface area (Å²) in [5, 5.41) is 11.0. The summed E-state index contributed by atoms with van der Waals surface area (Å²) < 4.78 is 18.5. The van der Waals surface area contributed by atoms with Gasteiger partial charge >= 0.3 is 0 Å². The Labute approximate surface area is 165 Å². The number of aliphatic imine (C=N–C) groups is 1. The number of benzene rings is 1. The van der Waals surface area contributed by atoms with Crippen LogP contribution in [0.2, 0.25) is 0 Å². The van der Waals surface area contributed by atoms with Crippen molar-refractivity contribution in [1.29, 1.82) is 0 Å². The first-order chi connectivity index (χ1) is 13.7. The quantitative estimate of drug-likeness (QED) is 0.390. The molecular weight excluding hydrogens is 358 g/mol. The lowest BCUT2D eigenvalue weighted by atomic mass is 10.3. The Morgan fingerprint density at radius 2 is 2.07 bits per heavy atom. The molecule has 28 heavy (non-hydrogen) atoms. The molecule has 0 unspecified atom stereocenters. The van der Waals surface area contributed by atoms with Crippen molar-refractivity contribution in [3.63, 3.8) is 0 Å². The van der Waals surface area contributed by atoms with Crippen molar-refractivity contribution in [3.8, 4) is 17.2 Å². The van der Waals surface area contributed by atoms with Crippen LogP contribution < -0.4 is 24.8 Å². The van der Waals surface area contributed by atoms with Crippen LogP contribution in [0.5, 0.6) is 17.2 Å². The summed E-state index contributed by atoms with van der Waals surface area (Å²) in [5.41, 5.74) is 2.24. The van der Waals surface area contributed by atoms with Crippen LogP contribution in [-0.2, 0) is 6.54 Å². The number of nitrogens with one attached hydrogen (secondary N) is 2. The smallest absolute Gasteiger partial charge is 0.231 e. The second-order valence-corrected chi connectivity index (χ2v) is 6.55. The van der Waals surface area contributed by atoms with Gasteiger partial charge in [0.1, 0.15) is 12.4 Å². The number of aromatic nitrogens is 2. The molecule has 0 atom stereocenters. The van der Waals surface area contributed by atoms with Gasteiger partial charge in [-0.15, -0.1) is 0 Å². The molecule has 8 nitrogen and oxygen atoms in total. The maximum atomic E-state index is 5.77. The predicted octanol–water partition coefficient (Wildman–Crippen LogP) is 2.25. The third-order valence-electron chi connectivity index (χ3n) is 4.25. The zero-order valence-electron chi connectivity index (χ0n) is 16.8.